The van der Waals surface area contributed by atoms with E-state index >= 15 is 0 Å². The number of aromatic carboxylic acids is 1. The first kappa shape index (κ1) is 17.8. The standard InChI is InChI=1S/C19H17N3O3/c1-13-4-2-3-5-17(13)22-18(23)16(10-20)12-21-11-14-6-8-15(9-7-14)19(24)25/h2-9,12,21H,11H2,1H3,(H,22,23)(H,24,25)/b16-12-. The third-order valence-electron chi connectivity index (χ3n) is 3.51. The summed E-state index contributed by atoms with van der Waals surface area (Å²) in [5.41, 5.74) is 2.54. The zero-order valence-electron chi connectivity index (χ0n) is 13.6. The van der Waals surface area contributed by atoms with Gasteiger partial charge in [-0.3, -0.25) is 4.79 Å². The van der Waals surface area contributed by atoms with Gasteiger partial charge in [-0.15, -0.1) is 0 Å². The van der Waals surface area contributed by atoms with Crippen LogP contribution in [0.1, 0.15) is 21.5 Å². The summed E-state index contributed by atoms with van der Waals surface area (Å²) < 4.78 is 0. The molecule has 3 N–H and O–H groups in total. The Balaban J connectivity index is 1.98. The van der Waals surface area contributed by atoms with Gasteiger partial charge in [-0.05, 0) is 36.2 Å². The van der Waals surface area contributed by atoms with Crippen molar-refractivity contribution in [3.8, 4) is 6.07 Å². The fraction of sp³-hybridized carbons (Fsp3) is 0.105. The highest BCUT2D eigenvalue weighted by atomic mass is 16.4. The molecule has 2 aromatic carbocycles. The van der Waals surface area contributed by atoms with Gasteiger partial charge in [0.2, 0.25) is 0 Å². The lowest BCUT2D eigenvalue weighted by Gasteiger charge is -2.08. The molecule has 126 valence electrons. The van der Waals surface area contributed by atoms with Crippen LogP contribution < -0.4 is 10.6 Å². The SMILES string of the molecule is Cc1ccccc1NC(=O)/C(C#N)=C\NCc1ccc(C(=O)O)cc1. The molecule has 2 aromatic rings. The number of nitrogens with zero attached hydrogens (tertiary/aromatic N) is 1. The maximum absolute atomic E-state index is 12.2. The number of hydrogen-bond acceptors (Lipinski definition) is 4. The lowest BCUT2D eigenvalue weighted by molar-refractivity contribution is -0.112. The third kappa shape index (κ3) is 4.94. The smallest absolute Gasteiger partial charge is 0.335 e. The van der Waals surface area contributed by atoms with Crippen molar-refractivity contribution in [2.24, 2.45) is 0 Å². The number of carboxylic acid groups (broad SMARTS) is 1. The monoisotopic (exact) mass is 335 g/mol. The lowest BCUT2D eigenvalue weighted by atomic mass is 10.1. The molecule has 25 heavy (non-hydrogen) atoms. The molecule has 0 aliphatic rings. The van der Waals surface area contributed by atoms with Crippen LogP contribution in [0.4, 0.5) is 5.69 Å². The molecule has 6 heteroatoms. The number of amides is 1. The van der Waals surface area contributed by atoms with E-state index in [1.165, 1.54) is 18.3 Å². The second-order valence-electron chi connectivity index (χ2n) is 5.32. The van der Waals surface area contributed by atoms with Gasteiger partial charge in [0.25, 0.3) is 5.91 Å². The largest absolute Gasteiger partial charge is 0.478 e. The average Bonchev–Trinajstić information content (AvgIpc) is 2.61. The van der Waals surface area contributed by atoms with E-state index in [-0.39, 0.29) is 11.1 Å². The zero-order valence-corrected chi connectivity index (χ0v) is 13.6. The summed E-state index contributed by atoms with van der Waals surface area (Å²) in [6.07, 6.45) is 1.35. The average molecular weight is 335 g/mol. The van der Waals surface area contributed by atoms with E-state index in [1.807, 2.05) is 25.1 Å². The van der Waals surface area contributed by atoms with Gasteiger partial charge in [0.05, 0.1) is 5.56 Å². The minimum atomic E-state index is -0.987. The molecule has 0 aromatic heterocycles. The van der Waals surface area contributed by atoms with E-state index in [1.54, 1.807) is 24.3 Å². The molecule has 0 heterocycles. The number of carboxylic acids is 1. The minimum absolute atomic E-state index is 0.0505. The minimum Gasteiger partial charge on any atom is -0.478 e. The first-order valence-corrected chi connectivity index (χ1v) is 7.54. The van der Waals surface area contributed by atoms with Gasteiger partial charge < -0.3 is 15.7 Å². The number of carbonyl (C=O) groups is 2. The van der Waals surface area contributed by atoms with Crippen LogP contribution in [0.2, 0.25) is 0 Å². The second kappa shape index (κ2) is 8.31. The molecule has 0 aliphatic heterocycles. The summed E-state index contributed by atoms with van der Waals surface area (Å²) in [5.74, 6) is -1.48. The molecule has 6 nitrogen and oxygen atoms in total. The first-order chi connectivity index (χ1) is 12.0. The van der Waals surface area contributed by atoms with Crippen molar-refractivity contribution in [1.29, 1.82) is 5.26 Å². The van der Waals surface area contributed by atoms with E-state index in [4.69, 9.17) is 10.4 Å². The number of carbonyl (C=O) groups excluding carboxylic acids is 1. The van der Waals surface area contributed by atoms with Crippen molar-refractivity contribution in [3.05, 3.63) is 77.0 Å². The second-order valence-corrected chi connectivity index (χ2v) is 5.32. The first-order valence-electron chi connectivity index (χ1n) is 7.54. The van der Waals surface area contributed by atoms with Crippen LogP contribution in [-0.4, -0.2) is 17.0 Å². The Morgan fingerprint density at radius 1 is 1.16 bits per heavy atom. The van der Waals surface area contributed by atoms with Crippen LogP contribution in [0, 0.1) is 18.3 Å². The molecule has 0 aliphatic carbocycles. The van der Waals surface area contributed by atoms with E-state index in [0.717, 1.165) is 11.1 Å². The van der Waals surface area contributed by atoms with Crippen molar-refractivity contribution in [2.75, 3.05) is 5.32 Å². The molecule has 0 unspecified atom stereocenters. The molecule has 0 bridgehead atoms. The Hall–Kier alpha value is -3.59. The van der Waals surface area contributed by atoms with Crippen LogP contribution in [0.15, 0.2) is 60.3 Å². The van der Waals surface area contributed by atoms with E-state index in [9.17, 15) is 9.59 Å². The zero-order chi connectivity index (χ0) is 18.2. The van der Waals surface area contributed by atoms with Crippen molar-refractivity contribution < 1.29 is 14.7 Å². The number of benzene rings is 2. The lowest BCUT2D eigenvalue weighted by Crippen LogP contribution is -2.17. The Bertz CT molecular complexity index is 849. The van der Waals surface area contributed by atoms with Crippen LogP contribution in [0.3, 0.4) is 0 Å². The predicted octanol–water partition coefficient (Wildman–Crippen LogP) is 2.83. The molecular formula is C19H17N3O3. The topological polar surface area (TPSA) is 102 Å². The van der Waals surface area contributed by atoms with Crippen molar-refractivity contribution in [2.45, 2.75) is 13.5 Å². The number of nitriles is 1. The van der Waals surface area contributed by atoms with Crippen LogP contribution >= 0.6 is 0 Å². The molecule has 0 fully saturated rings. The molecular weight excluding hydrogens is 318 g/mol. The normalized spacial score (nSPS) is 10.6. The van der Waals surface area contributed by atoms with Crippen LogP contribution in [0.25, 0.3) is 0 Å². The molecule has 0 saturated heterocycles. The van der Waals surface area contributed by atoms with Crippen molar-refractivity contribution >= 4 is 17.6 Å². The van der Waals surface area contributed by atoms with Gasteiger partial charge in [-0.2, -0.15) is 5.26 Å². The molecule has 0 saturated carbocycles. The van der Waals surface area contributed by atoms with Gasteiger partial charge in [0.1, 0.15) is 11.6 Å². The van der Waals surface area contributed by atoms with Crippen molar-refractivity contribution in [3.63, 3.8) is 0 Å². The number of para-hydroxylation sites is 1. The molecule has 0 spiro atoms. The number of anilines is 1. The van der Waals surface area contributed by atoms with E-state index < -0.39 is 11.9 Å². The van der Waals surface area contributed by atoms with Gasteiger partial charge in [-0.25, -0.2) is 4.79 Å². The van der Waals surface area contributed by atoms with Gasteiger partial charge in [0, 0.05) is 18.4 Å². The maximum atomic E-state index is 12.2. The highest BCUT2D eigenvalue weighted by Crippen LogP contribution is 2.14. The number of nitrogens with one attached hydrogen (secondary N) is 2. The van der Waals surface area contributed by atoms with Gasteiger partial charge >= 0.3 is 5.97 Å². The summed E-state index contributed by atoms with van der Waals surface area (Å²) >= 11 is 0. The van der Waals surface area contributed by atoms with Crippen LogP contribution in [-0.2, 0) is 11.3 Å². The predicted molar refractivity (Wildman–Crippen MR) is 93.7 cm³/mol. The molecule has 0 radical (unpaired) electrons. The highest BCUT2D eigenvalue weighted by molar-refractivity contribution is 6.06. The Labute approximate surface area is 145 Å². The maximum Gasteiger partial charge on any atom is 0.335 e. The summed E-state index contributed by atoms with van der Waals surface area (Å²) in [6, 6.07) is 15.5. The Morgan fingerprint density at radius 2 is 1.84 bits per heavy atom. The van der Waals surface area contributed by atoms with Crippen molar-refractivity contribution in [1.82, 2.24) is 5.32 Å². The number of aryl methyl sites for hydroxylation is 1. The molecule has 2 rings (SSSR count). The Morgan fingerprint density at radius 3 is 2.44 bits per heavy atom. The quantitative estimate of drug-likeness (QED) is 0.556. The summed E-state index contributed by atoms with van der Waals surface area (Å²) in [5, 5.41) is 23.6. The number of hydrogen-bond donors (Lipinski definition) is 3. The van der Waals surface area contributed by atoms with E-state index in [2.05, 4.69) is 10.6 Å². The van der Waals surface area contributed by atoms with E-state index in [0.29, 0.717) is 12.2 Å². The number of rotatable bonds is 6. The summed E-state index contributed by atoms with van der Waals surface area (Å²) in [4.78, 5) is 22.9. The Kier molecular flexibility index (Phi) is 5.91. The van der Waals surface area contributed by atoms with Gasteiger partial charge in [-0.1, -0.05) is 30.3 Å². The third-order valence-corrected chi connectivity index (χ3v) is 3.51. The van der Waals surface area contributed by atoms with Crippen LogP contribution in [0.5, 0.6) is 0 Å². The summed E-state index contributed by atoms with van der Waals surface area (Å²) in [6.45, 7) is 2.23. The summed E-state index contributed by atoms with van der Waals surface area (Å²) in [7, 11) is 0. The highest BCUT2D eigenvalue weighted by Gasteiger charge is 2.10. The molecule has 1 amide bonds. The van der Waals surface area contributed by atoms with Gasteiger partial charge in [0.15, 0.2) is 0 Å². The molecule has 0 atom stereocenters. The fourth-order valence-electron chi connectivity index (χ4n) is 2.09. The fourth-order valence-corrected chi connectivity index (χ4v) is 2.09.